The molecule has 0 radical (unpaired) electrons. The molecular formula is C14H12FNO2S. The van der Waals surface area contributed by atoms with Crippen molar-refractivity contribution in [3.8, 4) is 22.6 Å². The lowest BCUT2D eigenvalue weighted by atomic mass is 10.0. The van der Waals surface area contributed by atoms with Gasteiger partial charge in [-0.1, -0.05) is 18.2 Å². The third kappa shape index (κ3) is 2.27. The van der Waals surface area contributed by atoms with Crippen molar-refractivity contribution in [2.45, 2.75) is 6.54 Å². The quantitative estimate of drug-likeness (QED) is 0.672. The second kappa shape index (κ2) is 5.11. The molecule has 1 aliphatic heterocycles. The number of methoxy groups -OCH3 is 1. The lowest BCUT2D eigenvalue weighted by molar-refractivity contribution is 0.411. The monoisotopic (exact) mass is 277 g/mol. The third-order valence-electron chi connectivity index (χ3n) is 3.01. The first-order valence-corrected chi connectivity index (χ1v) is 6.56. The Morgan fingerprint density at radius 1 is 1.26 bits per heavy atom. The van der Waals surface area contributed by atoms with Crippen LogP contribution in [0.5, 0.6) is 11.5 Å². The van der Waals surface area contributed by atoms with Crippen LogP contribution in [0.1, 0.15) is 5.56 Å². The largest absolute Gasteiger partial charge is 0.497 e. The second-order valence-electron chi connectivity index (χ2n) is 4.13. The highest BCUT2D eigenvalue weighted by Crippen LogP contribution is 2.38. The van der Waals surface area contributed by atoms with Gasteiger partial charge in [-0.3, -0.25) is 0 Å². The van der Waals surface area contributed by atoms with Gasteiger partial charge in [-0.05, 0) is 12.1 Å². The molecule has 0 unspecified atom stereocenters. The van der Waals surface area contributed by atoms with E-state index in [1.165, 1.54) is 13.2 Å². The van der Waals surface area contributed by atoms with Crippen LogP contribution in [0, 0.1) is 5.82 Å². The molecule has 3 nitrogen and oxygen atoms in total. The average Bonchev–Trinajstić information content (AvgIpc) is 2.46. The van der Waals surface area contributed by atoms with Crippen molar-refractivity contribution in [1.82, 2.24) is 4.72 Å². The van der Waals surface area contributed by atoms with Gasteiger partial charge in [0, 0.05) is 29.3 Å². The topological polar surface area (TPSA) is 30.5 Å². The van der Waals surface area contributed by atoms with Gasteiger partial charge >= 0.3 is 0 Å². The molecule has 19 heavy (non-hydrogen) atoms. The predicted octanol–water partition coefficient (Wildman–Crippen LogP) is 3.55. The Balaban J connectivity index is 2.12. The first-order chi connectivity index (χ1) is 9.29. The van der Waals surface area contributed by atoms with E-state index in [4.69, 9.17) is 8.92 Å². The molecule has 3 rings (SSSR count). The first kappa shape index (κ1) is 12.3. The molecule has 0 amide bonds. The summed E-state index contributed by atoms with van der Waals surface area (Å²) in [6, 6.07) is 10.6. The van der Waals surface area contributed by atoms with Gasteiger partial charge in [0.2, 0.25) is 0 Å². The van der Waals surface area contributed by atoms with Crippen LogP contribution in [-0.4, -0.2) is 7.11 Å². The normalized spacial score (nSPS) is 13.6. The van der Waals surface area contributed by atoms with E-state index in [0.29, 0.717) is 17.9 Å². The zero-order chi connectivity index (χ0) is 13.2. The minimum Gasteiger partial charge on any atom is -0.497 e. The van der Waals surface area contributed by atoms with E-state index in [9.17, 15) is 4.39 Å². The Morgan fingerprint density at radius 3 is 2.95 bits per heavy atom. The van der Waals surface area contributed by atoms with E-state index < -0.39 is 0 Å². The molecule has 0 aliphatic carbocycles. The first-order valence-electron chi connectivity index (χ1n) is 5.82. The maximum absolute atomic E-state index is 14.1. The standard InChI is InChI=1S/C14H12FNO2S/c1-17-10-5-6-11(13(15)7-10)12-4-2-3-9-8-16-19-18-14(9)12/h2-7,16H,8H2,1H3. The van der Waals surface area contributed by atoms with E-state index in [2.05, 4.69) is 4.72 Å². The number of nitrogens with one attached hydrogen (secondary N) is 1. The highest BCUT2D eigenvalue weighted by Gasteiger charge is 2.18. The Morgan fingerprint density at radius 2 is 2.16 bits per heavy atom. The fourth-order valence-electron chi connectivity index (χ4n) is 2.05. The number of rotatable bonds is 2. The molecule has 0 aromatic heterocycles. The summed E-state index contributed by atoms with van der Waals surface area (Å²) in [5, 5.41) is 0. The van der Waals surface area contributed by atoms with E-state index in [-0.39, 0.29) is 5.82 Å². The van der Waals surface area contributed by atoms with Crippen molar-refractivity contribution >= 4 is 12.2 Å². The van der Waals surface area contributed by atoms with Crippen LogP contribution in [-0.2, 0) is 6.54 Å². The summed E-state index contributed by atoms with van der Waals surface area (Å²) in [6.45, 7) is 0.700. The molecule has 2 aromatic carbocycles. The maximum Gasteiger partial charge on any atom is 0.151 e. The molecule has 0 saturated carbocycles. The van der Waals surface area contributed by atoms with Crippen LogP contribution < -0.4 is 13.6 Å². The summed E-state index contributed by atoms with van der Waals surface area (Å²) >= 11 is 1.16. The zero-order valence-electron chi connectivity index (χ0n) is 10.3. The molecule has 5 heteroatoms. The highest BCUT2D eigenvalue weighted by molar-refractivity contribution is 7.93. The van der Waals surface area contributed by atoms with Gasteiger partial charge in [0.1, 0.15) is 23.8 Å². The molecule has 0 bridgehead atoms. The molecule has 1 heterocycles. The molecule has 0 atom stereocenters. The van der Waals surface area contributed by atoms with E-state index >= 15 is 0 Å². The number of fused-ring (bicyclic) bond motifs is 1. The van der Waals surface area contributed by atoms with Crippen molar-refractivity contribution in [3.63, 3.8) is 0 Å². The molecule has 0 spiro atoms. The Labute approximate surface area is 115 Å². The molecule has 2 aromatic rings. The maximum atomic E-state index is 14.1. The van der Waals surface area contributed by atoms with Gasteiger partial charge in [-0.25, -0.2) is 9.11 Å². The number of halogens is 1. The molecule has 1 aliphatic rings. The zero-order valence-corrected chi connectivity index (χ0v) is 11.1. The average molecular weight is 277 g/mol. The van der Waals surface area contributed by atoms with Crippen molar-refractivity contribution in [2.75, 3.05) is 7.11 Å². The minimum atomic E-state index is -0.320. The summed E-state index contributed by atoms with van der Waals surface area (Å²) in [5.41, 5.74) is 2.29. The Kier molecular flexibility index (Phi) is 3.31. The van der Waals surface area contributed by atoms with Gasteiger partial charge in [-0.15, -0.1) is 0 Å². The van der Waals surface area contributed by atoms with Gasteiger partial charge in [0.25, 0.3) is 0 Å². The van der Waals surface area contributed by atoms with Crippen LogP contribution >= 0.6 is 12.2 Å². The van der Waals surface area contributed by atoms with E-state index in [0.717, 1.165) is 29.1 Å². The molecule has 0 saturated heterocycles. The van der Waals surface area contributed by atoms with Crippen molar-refractivity contribution in [1.29, 1.82) is 0 Å². The molecule has 98 valence electrons. The number of hydrogen-bond acceptors (Lipinski definition) is 4. The molecular weight excluding hydrogens is 265 g/mol. The SMILES string of the molecule is COc1ccc(-c2cccc3c2OSNC3)c(F)c1. The van der Waals surface area contributed by atoms with Crippen molar-refractivity contribution in [2.24, 2.45) is 0 Å². The highest BCUT2D eigenvalue weighted by atomic mass is 32.2. The van der Waals surface area contributed by atoms with Crippen molar-refractivity contribution in [3.05, 3.63) is 47.8 Å². The second-order valence-corrected chi connectivity index (χ2v) is 4.75. The smallest absolute Gasteiger partial charge is 0.151 e. The summed E-state index contributed by atoms with van der Waals surface area (Å²) in [5.74, 6) is 0.901. The summed E-state index contributed by atoms with van der Waals surface area (Å²) in [6.07, 6.45) is 0. The summed E-state index contributed by atoms with van der Waals surface area (Å²) in [7, 11) is 1.52. The number of hydrogen-bond donors (Lipinski definition) is 1. The Bertz CT molecular complexity index is 618. The third-order valence-corrected chi connectivity index (χ3v) is 3.52. The molecule has 1 N–H and O–H groups in total. The van der Waals surface area contributed by atoms with Crippen LogP contribution in [0.15, 0.2) is 36.4 Å². The lowest BCUT2D eigenvalue weighted by Crippen LogP contribution is -2.13. The van der Waals surface area contributed by atoms with E-state index in [1.54, 1.807) is 12.1 Å². The van der Waals surface area contributed by atoms with Crippen LogP contribution in [0.3, 0.4) is 0 Å². The van der Waals surface area contributed by atoms with Crippen LogP contribution in [0.4, 0.5) is 4.39 Å². The number of para-hydroxylation sites is 1. The van der Waals surface area contributed by atoms with Crippen LogP contribution in [0.2, 0.25) is 0 Å². The fourth-order valence-corrected chi connectivity index (χ4v) is 2.61. The fraction of sp³-hybridized carbons (Fsp3) is 0.143. The van der Waals surface area contributed by atoms with E-state index in [1.807, 2.05) is 18.2 Å². The number of ether oxygens (including phenoxy) is 1. The van der Waals surface area contributed by atoms with Crippen molar-refractivity contribution < 1.29 is 13.3 Å². The number of benzene rings is 2. The Hall–Kier alpha value is -1.72. The summed E-state index contributed by atoms with van der Waals surface area (Å²) < 4.78 is 27.7. The predicted molar refractivity (Wildman–Crippen MR) is 73.4 cm³/mol. The van der Waals surface area contributed by atoms with Gasteiger partial charge < -0.3 is 8.92 Å². The summed E-state index contributed by atoms with van der Waals surface area (Å²) in [4.78, 5) is 0. The lowest BCUT2D eigenvalue weighted by Gasteiger charge is -2.19. The van der Waals surface area contributed by atoms with Gasteiger partial charge in [0.05, 0.1) is 7.11 Å². The van der Waals surface area contributed by atoms with Crippen LogP contribution in [0.25, 0.3) is 11.1 Å². The molecule has 0 fully saturated rings. The van der Waals surface area contributed by atoms with Gasteiger partial charge in [0.15, 0.2) is 5.75 Å². The minimum absolute atomic E-state index is 0.320. The van der Waals surface area contributed by atoms with Gasteiger partial charge in [-0.2, -0.15) is 0 Å².